The Bertz CT molecular complexity index is 488. The molecule has 1 heterocycles. The summed E-state index contributed by atoms with van der Waals surface area (Å²) in [5.41, 5.74) is 3.63. The van der Waals surface area contributed by atoms with Crippen molar-refractivity contribution in [3.8, 4) is 0 Å². The second-order valence-electron chi connectivity index (χ2n) is 6.37. The number of benzene rings is 1. The summed E-state index contributed by atoms with van der Waals surface area (Å²) in [5.74, 6) is 0.183. The predicted octanol–water partition coefficient (Wildman–Crippen LogP) is 2.90. The predicted molar refractivity (Wildman–Crippen MR) is 79.4 cm³/mol. The molecule has 0 aliphatic carbocycles. The summed E-state index contributed by atoms with van der Waals surface area (Å²) < 4.78 is 0. The summed E-state index contributed by atoms with van der Waals surface area (Å²) in [5, 5.41) is 3.55. The zero-order valence-electron chi connectivity index (χ0n) is 12.6. The fraction of sp³-hybridized carbons (Fsp3) is 0.562. The lowest BCUT2D eigenvalue weighted by Crippen LogP contribution is -2.32. The van der Waals surface area contributed by atoms with Crippen molar-refractivity contribution in [3.05, 3.63) is 29.3 Å². The van der Waals surface area contributed by atoms with Gasteiger partial charge in [0.15, 0.2) is 0 Å². The maximum atomic E-state index is 11.7. The van der Waals surface area contributed by atoms with Crippen molar-refractivity contribution in [1.82, 2.24) is 5.32 Å². The number of rotatable bonds is 3. The van der Waals surface area contributed by atoms with Gasteiger partial charge in [-0.1, -0.05) is 39.8 Å². The number of fused-ring (bicyclic) bond motifs is 1. The second kappa shape index (κ2) is 4.97. The molecule has 1 aromatic carbocycles. The molecular weight excluding hydrogens is 236 g/mol. The fourth-order valence-corrected chi connectivity index (χ4v) is 2.80. The summed E-state index contributed by atoms with van der Waals surface area (Å²) in [7, 11) is 1.85. The zero-order chi connectivity index (χ0) is 14.2. The highest BCUT2D eigenvalue weighted by Gasteiger charge is 2.29. The molecule has 3 nitrogen and oxygen atoms in total. The Balaban J connectivity index is 2.37. The van der Waals surface area contributed by atoms with Crippen molar-refractivity contribution in [2.75, 3.05) is 18.5 Å². The van der Waals surface area contributed by atoms with Gasteiger partial charge in [0.25, 0.3) is 0 Å². The van der Waals surface area contributed by atoms with Gasteiger partial charge in [-0.2, -0.15) is 0 Å². The van der Waals surface area contributed by atoms with Gasteiger partial charge in [0.05, 0.1) is 6.42 Å². The normalized spacial score (nSPS) is 16.7. The molecule has 1 aliphatic rings. The van der Waals surface area contributed by atoms with E-state index in [0.717, 1.165) is 17.8 Å². The van der Waals surface area contributed by atoms with E-state index in [1.807, 2.05) is 7.05 Å². The Labute approximate surface area is 116 Å². The highest BCUT2D eigenvalue weighted by molar-refractivity contribution is 6.00. The van der Waals surface area contributed by atoms with Crippen molar-refractivity contribution in [2.45, 2.75) is 40.2 Å². The van der Waals surface area contributed by atoms with E-state index >= 15 is 0 Å². The number of nitrogens with zero attached hydrogens (tertiary/aromatic N) is 1. The third-order valence-electron chi connectivity index (χ3n) is 3.79. The standard InChI is InChI=1S/C16H24N2O/c1-6-17-15(16(2,3)4)11-7-8-13-12(9-11)10-14(19)18(13)5/h7-9,15,17H,6,10H2,1-5H3. The molecule has 19 heavy (non-hydrogen) atoms. The molecule has 1 aromatic rings. The number of carbonyl (C=O) groups is 1. The van der Waals surface area contributed by atoms with E-state index in [4.69, 9.17) is 0 Å². The first-order chi connectivity index (χ1) is 8.84. The summed E-state index contributed by atoms with van der Waals surface area (Å²) in [6, 6.07) is 6.72. The minimum Gasteiger partial charge on any atom is -0.315 e. The lowest BCUT2D eigenvalue weighted by molar-refractivity contribution is -0.117. The number of nitrogens with one attached hydrogen (secondary N) is 1. The van der Waals surface area contributed by atoms with Crippen LogP contribution in [0.4, 0.5) is 5.69 Å². The van der Waals surface area contributed by atoms with Gasteiger partial charge in [-0.25, -0.2) is 0 Å². The lowest BCUT2D eigenvalue weighted by Gasteiger charge is -2.32. The molecule has 1 N–H and O–H groups in total. The van der Waals surface area contributed by atoms with E-state index in [9.17, 15) is 4.79 Å². The monoisotopic (exact) mass is 260 g/mol. The number of hydrogen-bond donors (Lipinski definition) is 1. The average Bonchev–Trinajstić information content (AvgIpc) is 2.60. The number of amides is 1. The van der Waals surface area contributed by atoms with E-state index in [1.165, 1.54) is 5.56 Å². The highest BCUT2D eigenvalue weighted by atomic mass is 16.2. The van der Waals surface area contributed by atoms with E-state index in [0.29, 0.717) is 12.5 Å². The van der Waals surface area contributed by atoms with E-state index < -0.39 is 0 Å². The third kappa shape index (κ3) is 2.66. The Morgan fingerprint density at radius 2 is 2.05 bits per heavy atom. The van der Waals surface area contributed by atoms with E-state index in [1.54, 1.807) is 4.90 Å². The van der Waals surface area contributed by atoms with Crippen LogP contribution in [0.2, 0.25) is 0 Å². The number of anilines is 1. The first kappa shape index (κ1) is 14.1. The first-order valence-electron chi connectivity index (χ1n) is 6.97. The third-order valence-corrected chi connectivity index (χ3v) is 3.79. The molecule has 1 amide bonds. The fourth-order valence-electron chi connectivity index (χ4n) is 2.80. The van der Waals surface area contributed by atoms with Gasteiger partial charge in [0.1, 0.15) is 0 Å². The Hall–Kier alpha value is -1.35. The summed E-state index contributed by atoms with van der Waals surface area (Å²) in [6.45, 7) is 9.79. The van der Waals surface area contributed by atoms with Crippen molar-refractivity contribution in [2.24, 2.45) is 5.41 Å². The van der Waals surface area contributed by atoms with E-state index in [2.05, 4.69) is 51.2 Å². The van der Waals surface area contributed by atoms with Gasteiger partial charge in [0, 0.05) is 18.8 Å². The molecular formula is C16H24N2O. The number of carbonyl (C=O) groups excluding carboxylic acids is 1. The molecule has 1 unspecified atom stereocenters. The Morgan fingerprint density at radius 3 is 2.63 bits per heavy atom. The Morgan fingerprint density at radius 1 is 1.37 bits per heavy atom. The van der Waals surface area contributed by atoms with Crippen molar-refractivity contribution in [1.29, 1.82) is 0 Å². The molecule has 0 fully saturated rings. The van der Waals surface area contributed by atoms with Crippen LogP contribution in [-0.2, 0) is 11.2 Å². The molecule has 2 rings (SSSR count). The molecule has 3 heteroatoms. The van der Waals surface area contributed by atoms with Crippen molar-refractivity contribution < 1.29 is 4.79 Å². The Kier molecular flexibility index (Phi) is 3.68. The second-order valence-corrected chi connectivity index (χ2v) is 6.37. The topological polar surface area (TPSA) is 32.3 Å². The van der Waals surface area contributed by atoms with Crippen molar-refractivity contribution >= 4 is 11.6 Å². The molecule has 0 bridgehead atoms. The molecule has 0 saturated heterocycles. The van der Waals surface area contributed by atoms with Crippen LogP contribution in [0, 0.1) is 5.41 Å². The maximum Gasteiger partial charge on any atom is 0.231 e. The lowest BCUT2D eigenvalue weighted by atomic mass is 9.81. The quantitative estimate of drug-likeness (QED) is 0.906. The molecule has 0 spiro atoms. The van der Waals surface area contributed by atoms with Gasteiger partial charge >= 0.3 is 0 Å². The van der Waals surface area contributed by atoms with Crippen LogP contribution in [0.3, 0.4) is 0 Å². The van der Waals surface area contributed by atoms with Crippen LogP contribution < -0.4 is 10.2 Å². The molecule has 0 saturated carbocycles. The first-order valence-corrected chi connectivity index (χ1v) is 6.97. The number of likely N-dealkylation sites (N-methyl/N-ethyl adjacent to an activating group) is 1. The van der Waals surface area contributed by atoms with Crippen LogP contribution in [-0.4, -0.2) is 19.5 Å². The van der Waals surface area contributed by atoms with Crippen LogP contribution in [0.1, 0.15) is 44.9 Å². The molecule has 0 aromatic heterocycles. The van der Waals surface area contributed by atoms with Crippen LogP contribution in [0.5, 0.6) is 0 Å². The number of hydrogen-bond acceptors (Lipinski definition) is 2. The van der Waals surface area contributed by atoms with Gasteiger partial charge < -0.3 is 10.2 Å². The van der Waals surface area contributed by atoms with Gasteiger partial charge in [0.2, 0.25) is 5.91 Å². The SMILES string of the molecule is CCNC(c1ccc2c(c1)CC(=O)N2C)C(C)(C)C. The van der Waals surface area contributed by atoms with Crippen LogP contribution >= 0.6 is 0 Å². The van der Waals surface area contributed by atoms with Crippen molar-refractivity contribution in [3.63, 3.8) is 0 Å². The highest BCUT2D eigenvalue weighted by Crippen LogP contribution is 2.36. The molecule has 1 atom stereocenters. The van der Waals surface area contributed by atoms with Crippen LogP contribution in [0.15, 0.2) is 18.2 Å². The average molecular weight is 260 g/mol. The van der Waals surface area contributed by atoms with E-state index in [-0.39, 0.29) is 11.3 Å². The minimum absolute atomic E-state index is 0.152. The summed E-state index contributed by atoms with van der Waals surface area (Å²) >= 11 is 0. The molecule has 1 aliphatic heterocycles. The maximum absolute atomic E-state index is 11.7. The summed E-state index contributed by atoms with van der Waals surface area (Å²) in [4.78, 5) is 13.5. The zero-order valence-corrected chi connectivity index (χ0v) is 12.6. The minimum atomic E-state index is 0.152. The summed E-state index contributed by atoms with van der Waals surface area (Å²) in [6.07, 6.45) is 0.530. The van der Waals surface area contributed by atoms with Crippen LogP contribution in [0.25, 0.3) is 0 Å². The van der Waals surface area contributed by atoms with Gasteiger partial charge in [-0.05, 0) is 29.2 Å². The van der Waals surface area contributed by atoms with Gasteiger partial charge in [-0.3, -0.25) is 4.79 Å². The molecule has 104 valence electrons. The van der Waals surface area contributed by atoms with Gasteiger partial charge in [-0.15, -0.1) is 0 Å². The smallest absolute Gasteiger partial charge is 0.231 e. The largest absolute Gasteiger partial charge is 0.315 e. The molecule has 0 radical (unpaired) electrons.